The van der Waals surface area contributed by atoms with E-state index in [2.05, 4.69) is 61.2 Å². The predicted molar refractivity (Wildman–Crippen MR) is 83.0 cm³/mol. The highest BCUT2D eigenvalue weighted by Gasteiger charge is 2.10. The van der Waals surface area contributed by atoms with Gasteiger partial charge in [-0.2, -0.15) is 0 Å². The van der Waals surface area contributed by atoms with Crippen molar-refractivity contribution in [2.45, 2.75) is 40.0 Å². The van der Waals surface area contributed by atoms with Crippen molar-refractivity contribution in [2.75, 3.05) is 11.9 Å². The molecule has 0 saturated carbocycles. The molecule has 0 aliphatic heterocycles. The summed E-state index contributed by atoms with van der Waals surface area (Å²) in [5, 5.41) is 3.36. The Morgan fingerprint density at radius 3 is 2.63 bits per heavy atom. The minimum Gasteiger partial charge on any atom is -0.370 e. The van der Waals surface area contributed by atoms with Gasteiger partial charge < -0.3 is 5.32 Å². The molecular weight excluding hydrogens is 254 g/mol. The van der Waals surface area contributed by atoms with Crippen LogP contribution in [-0.4, -0.2) is 16.5 Å². The van der Waals surface area contributed by atoms with Gasteiger partial charge in [-0.05, 0) is 31.4 Å². The average Bonchev–Trinajstić information content (AvgIpc) is 2.82. The molecule has 0 aromatic carbocycles. The molecule has 4 heteroatoms. The SMILES string of the molecule is CCCNc1cc(C(C)C)nc(-c2ccc(C)s2)n1. The zero-order valence-electron chi connectivity index (χ0n) is 12.0. The van der Waals surface area contributed by atoms with Crippen LogP contribution in [0.4, 0.5) is 5.82 Å². The molecule has 0 spiro atoms. The van der Waals surface area contributed by atoms with Crippen molar-refractivity contribution in [2.24, 2.45) is 0 Å². The maximum atomic E-state index is 4.68. The van der Waals surface area contributed by atoms with E-state index < -0.39 is 0 Å². The van der Waals surface area contributed by atoms with Crippen LogP contribution in [0.25, 0.3) is 10.7 Å². The monoisotopic (exact) mass is 275 g/mol. The highest BCUT2D eigenvalue weighted by molar-refractivity contribution is 7.15. The van der Waals surface area contributed by atoms with Crippen LogP contribution >= 0.6 is 11.3 Å². The lowest BCUT2D eigenvalue weighted by Gasteiger charge is -2.10. The molecule has 2 aromatic rings. The Kier molecular flexibility index (Phi) is 4.53. The summed E-state index contributed by atoms with van der Waals surface area (Å²) >= 11 is 1.74. The normalized spacial score (nSPS) is 11.0. The minimum absolute atomic E-state index is 0.407. The molecule has 2 rings (SSSR count). The van der Waals surface area contributed by atoms with Crippen molar-refractivity contribution >= 4 is 17.2 Å². The van der Waals surface area contributed by atoms with Gasteiger partial charge in [-0.1, -0.05) is 20.8 Å². The average molecular weight is 275 g/mol. The van der Waals surface area contributed by atoms with Gasteiger partial charge in [0.2, 0.25) is 0 Å². The van der Waals surface area contributed by atoms with E-state index in [9.17, 15) is 0 Å². The number of hydrogen-bond acceptors (Lipinski definition) is 4. The van der Waals surface area contributed by atoms with Crippen molar-refractivity contribution < 1.29 is 0 Å². The molecule has 0 aliphatic carbocycles. The van der Waals surface area contributed by atoms with E-state index in [1.165, 1.54) is 4.88 Å². The third-order valence-corrected chi connectivity index (χ3v) is 3.85. The number of nitrogens with one attached hydrogen (secondary N) is 1. The Balaban J connectivity index is 2.39. The van der Waals surface area contributed by atoms with Gasteiger partial charge in [0.25, 0.3) is 0 Å². The summed E-state index contributed by atoms with van der Waals surface area (Å²) in [5.74, 6) is 2.18. The lowest BCUT2D eigenvalue weighted by Crippen LogP contribution is -2.06. The Bertz CT molecular complexity index is 546. The smallest absolute Gasteiger partial charge is 0.171 e. The fourth-order valence-corrected chi connectivity index (χ4v) is 2.57. The van der Waals surface area contributed by atoms with E-state index >= 15 is 0 Å². The summed E-state index contributed by atoms with van der Waals surface area (Å²) in [6.45, 7) is 9.53. The molecule has 2 aromatic heterocycles. The zero-order chi connectivity index (χ0) is 13.8. The number of aryl methyl sites for hydroxylation is 1. The fraction of sp³-hybridized carbons (Fsp3) is 0.467. The third kappa shape index (κ3) is 3.53. The Hall–Kier alpha value is -1.42. The molecule has 0 atom stereocenters. The first-order valence-electron chi connectivity index (χ1n) is 6.79. The quantitative estimate of drug-likeness (QED) is 0.875. The molecule has 0 radical (unpaired) electrons. The summed E-state index contributed by atoms with van der Waals surface area (Å²) in [4.78, 5) is 11.7. The summed E-state index contributed by atoms with van der Waals surface area (Å²) in [6.07, 6.45) is 1.09. The predicted octanol–water partition coefficient (Wildman–Crippen LogP) is 4.46. The third-order valence-electron chi connectivity index (χ3n) is 2.85. The second-order valence-electron chi connectivity index (χ2n) is 4.99. The van der Waals surface area contributed by atoms with Crippen LogP contribution in [-0.2, 0) is 0 Å². The molecule has 3 nitrogen and oxygen atoms in total. The van der Waals surface area contributed by atoms with Gasteiger partial charge in [0.15, 0.2) is 5.82 Å². The number of thiophene rings is 1. The lowest BCUT2D eigenvalue weighted by atomic mass is 10.1. The van der Waals surface area contributed by atoms with E-state index in [1.54, 1.807) is 11.3 Å². The van der Waals surface area contributed by atoms with Gasteiger partial charge in [0.1, 0.15) is 5.82 Å². The highest BCUT2D eigenvalue weighted by Crippen LogP contribution is 2.27. The van der Waals surface area contributed by atoms with Gasteiger partial charge in [-0.15, -0.1) is 11.3 Å². The number of anilines is 1. The van der Waals surface area contributed by atoms with Crippen LogP contribution in [0.15, 0.2) is 18.2 Å². The lowest BCUT2D eigenvalue weighted by molar-refractivity contribution is 0.816. The van der Waals surface area contributed by atoms with Crippen molar-refractivity contribution in [3.8, 4) is 10.7 Å². The molecule has 0 aliphatic rings. The van der Waals surface area contributed by atoms with Crippen LogP contribution in [0.3, 0.4) is 0 Å². The minimum atomic E-state index is 0.407. The number of hydrogen-bond donors (Lipinski definition) is 1. The van der Waals surface area contributed by atoms with Crippen molar-refractivity contribution in [1.82, 2.24) is 9.97 Å². The van der Waals surface area contributed by atoms with E-state index in [0.717, 1.165) is 35.2 Å². The standard InChI is InChI=1S/C15H21N3S/c1-5-8-16-14-9-12(10(2)3)17-15(18-14)13-7-6-11(4)19-13/h6-7,9-10H,5,8H2,1-4H3,(H,16,17,18). The van der Waals surface area contributed by atoms with E-state index in [1.807, 2.05) is 0 Å². The molecule has 0 unspecified atom stereocenters. The van der Waals surface area contributed by atoms with Crippen LogP contribution in [0.2, 0.25) is 0 Å². The van der Waals surface area contributed by atoms with E-state index in [0.29, 0.717) is 5.92 Å². The van der Waals surface area contributed by atoms with Crippen molar-refractivity contribution in [3.63, 3.8) is 0 Å². The zero-order valence-corrected chi connectivity index (χ0v) is 12.8. The Labute approximate surface area is 119 Å². The van der Waals surface area contributed by atoms with Crippen LogP contribution in [0.1, 0.15) is 43.7 Å². The van der Waals surface area contributed by atoms with Gasteiger partial charge in [-0.25, -0.2) is 9.97 Å². The van der Waals surface area contributed by atoms with Crippen LogP contribution in [0.5, 0.6) is 0 Å². The molecule has 0 amide bonds. The highest BCUT2D eigenvalue weighted by atomic mass is 32.1. The van der Waals surface area contributed by atoms with E-state index in [4.69, 9.17) is 0 Å². The Morgan fingerprint density at radius 2 is 2.05 bits per heavy atom. The molecule has 0 saturated heterocycles. The van der Waals surface area contributed by atoms with Crippen LogP contribution in [0, 0.1) is 6.92 Å². The molecule has 102 valence electrons. The second kappa shape index (κ2) is 6.15. The summed E-state index contributed by atoms with van der Waals surface area (Å²) in [6, 6.07) is 6.28. The van der Waals surface area contributed by atoms with Crippen molar-refractivity contribution in [3.05, 3.63) is 28.8 Å². The van der Waals surface area contributed by atoms with Gasteiger partial charge in [-0.3, -0.25) is 0 Å². The molecule has 19 heavy (non-hydrogen) atoms. The fourth-order valence-electron chi connectivity index (χ4n) is 1.77. The maximum absolute atomic E-state index is 4.68. The summed E-state index contributed by atoms with van der Waals surface area (Å²) < 4.78 is 0. The maximum Gasteiger partial charge on any atom is 0.171 e. The van der Waals surface area contributed by atoms with Crippen LogP contribution < -0.4 is 5.32 Å². The van der Waals surface area contributed by atoms with E-state index in [-0.39, 0.29) is 0 Å². The topological polar surface area (TPSA) is 37.8 Å². The number of aromatic nitrogens is 2. The number of nitrogens with zero attached hydrogens (tertiary/aromatic N) is 2. The molecular formula is C15H21N3S. The molecule has 0 bridgehead atoms. The van der Waals surface area contributed by atoms with Crippen molar-refractivity contribution in [1.29, 1.82) is 0 Å². The molecule has 2 heterocycles. The summed E-state index contributed by atoms with van der Waals surface area (Å²) in [5.41, 5.74) is 1.09. The largest absolute Gasteiger partial charge is 0.370 e. The van der Waals surface area contributed by atoms with Gasteiger partial charge in [0, 0.05) is 23.2 Å². The van der Waals surface area contributed by atoms with Gasteiger partial charge in [0.05, 0.1) is 4.88 Å². The summed E-state index contributed by atoms with van der Waals surface area (Å²) in [7, 11) is 0. The first-order chi connectivity index (χ1) is 9.10. The van der Waals surface area contributed by atoms with Gasteiger partial charge >= 0.3 is 0 Å². The first kappa shape index (κ1) is 14.0. The second-order valence-corrected chi connectivity index (χ2v) is 6.28. The first-order valence-corrected chi connectivity index (χ1v) is 7.61. The molecule has 0 fully saturated rings. The Morgan fingerprint density at radius 1 is 1.26 bits per heavy atom. The number of rotatable bonds is 5. The molecule has 1 N–H and O–H groups in total.